The summed E-state index contributed by atoms with van der Waals surface area (Å²) >= 11 is 0. The number of carbonyl (C=O) groups is 1. The number of amides is 1. The van der Waals surface area contributed by atoms with E-state index in [0.29, 0.717) is 23.9 Å². The summed E-state index contributed by atoms with van der Waals surface area (Å²) in [6, 6.07) is 7.70. The molecule has 2 aromatic rings. The van der Waals surface area contributed by atoms with Gasteiger partial charge in [-0.1, -0.05) is 25.0 Å². The smallest absolute Gasteiger partial charge is 0.225 e. The first-order valence-electron chi connectivity index (χ1n) is 11.0. The molecule has 2 aliphatic carbocycles. The zero-order valence-electron chi connectivity index (χ0n) is 17.4. The highest BCUT2D eigenvalue weighted by Crippen LogP contribution is 2.53. The van der Waals surface area contributed by atoms with Crippen molar-refractivity contribution in [3.8, 4) is 0 Å². The Hall–Kier alpha value is -1.81. The Kier molecular flexibility index (Phi) is 4.13. The van der Waals surface area contributed by atoms with E-state index in [4.69, 9.17) is 5.73 Å². The van der Waals surface area contributed by atoms with Crippen LogP contribution in [-0.2, 0) is 11.2 Å². The SMILES string of the molecule is CC(C)n1cc2c3c(cccc31)[C@H]1CC(C(N)=O)(C3CCCC3)CN(C)[C@@H]1C2. The zero-order valence-corrected chi connectivity index (χ0v) is 17.4. The minimum Gasteiger partial charge on any atom is -0.369 e. The number of aromatic nitrogens is 1. The molecule has 4 heteroatoms. The van der Waals surface area contributed by atoms with Crippen molar-refractivity contribution in [2.24, 2.45) is 17.1 Å². The van der Waals surface area contributed by atoms with E-state index in [2.05, 4.69) is 54.8 Å². The van der Waals surface area contributed by atoms with Gasteiger partial charge < -0.3 is 15.2 Å². The van der Waals surface area contributed by atoms with Gasteiger partial charge in [-0.15, -0.1) is 0 Å². The maximum Gasteiger partial charge on any atom is 0.225 e. The van der Waals surface area contributed by atoms with Crippen molar-refractivity contribution in [1.29, 1.82) is 0 Å². The van der Waals surface area contributed by atoms with E-state index in [1.54, 1.807) is 0 Å². The Morgan fingerprint density at radius 3 is 2.68 bits per heavy atom. The number of primary amides is 1. The molecule has 0 spiro atoms. The van der Waals surface area contributed by atoms with Gasteiger partial charge in [0.25, 0.3) is 0 Å². The molecule has 28 heavy (non-hydrogen) atoms. The molecule has 4 nitrogen and oxygen atoms in total. The van der Waals surface area contributed by atoms with Crippen molar-refractivity contribution in [2.45, 2.75) is 70.4 Å². The quantitative estimate of drug-likeness (QED) is 0.868. The van der Waals surface area contributed by atoms with Crippen molar-refractivity contribution in [1.82, 2.24) is 9.47 Å². The molecular weight excluding hydrogens is 346 g/mol. The van der Waals surface area contributed by atoms with E-state index < -0.39 is 0 Å². The fourth-order valence-electron chi connectivity index (χ4n) is 6.77. The molecule has 1 unspecified atom stereocenters. The maximum atomic E-state index is 12.9. The van der Waals surface area contributed by atoms with Crippen LogP contribution in [0.15, 0.2) is 24.4 Å². The number of hydrogen-bond donors (Lipinski definition) is 1. The average molecular weight is 380 g/mol. The summed E-state index contributed by atoms with van der Waals surface area (Å²) in [7, 11) is 2.22. The third-order valence-electron chi connectivity index (χ3n) is 8.13. The molecule has 1 saturated carbocycles. The third-order valence-corrected chi connectivity index (χ3v) is 8.13. The first kappa shape index (κ1) is 18.2. The minimum atomic E-state index is -0.368. The Morgan fingerprint density at radius 1 is 1.25 bits per heavy atom. The molecule has 2 fully saturated rings. The molecule has 3 atom stereocenters. The number of likely N-dealkylation sites (N-methyl/N-ethyl adjacent to an activating group) is 1. The van der Waals surface area contributed by atoms with E-state index in [1.807, 2.05) is 0 Å². The summed E-state index contributed by atoms with van der Waals surface area (Å²) < 4.78 is 2.42. The largest absolute Gasteiger partial charge is 0.369 e. The number of rotatable bonds is 3. The van der Waals surface area contributed by atoms with Gasteiger partial charge in [0, 0.05) is 41.6 Å². The molecule has 2 N–H and O–H groups in total. The van der Waals surface area contributed by atoms with Crippen LogP contribution in [0.25, 0.3) is 10.9 Å². The molecule has 1 aliphatic heterocycles. The second-order valence-electron chi connectivity index (χ2n) is 9.90. The Bertz CT molecular complexity index is 923. The second kappa shape index (κ2) is 6.35. The number of benzene rings is 1. The highest BCUT2D eigenvalue weighted by molar-refractivity contribution is 5.90. The van der Waals surface area contributed by atoms with Crippen molar-refractivity contribution < 1.29 is 4.79 Å². The average Bonchev–Trinajstić information content (AvgIpc) is 3.32. The lowest BCUT2D eigenvalue weighted by atomic mass is 9.61. The fourth-order valence-corrected chi connectivity index (χ4v) is 6.77. The summed E-state index contributed by atoms with van der Waals surface area (Å²) in [6.45, 7) is 5.33. The van der Waals surface area contributed by atoms with Gasteiger partial charge in [0.05, 0.1) is 5.41 Å². The summed E-state index contributed by atoms with van der Waals surface area (Å²) in [4.78, 5) is 15.3. The van der Waals surface area contributed by atoms with E-state index >= 15 is 0 Å². The van der Waals surface area contributed by atoms with Gasteiger partial charge >= 0.3 is 0 Å². The van der Waals surface area contributed by atoms with E-state index in [-0.39, 0.29) is 11.3 Å². The molecule has 2 heterocycles. The predicted octanol–water partition coefficient (Wildman–Crippen LogP) is 4.23. The van der Waals surface area contributed by atoms with E-state index in [0.717, 1.165) is 32.2 Å². The Morgan fingerprint density at radius 2 is 2.00 bits per heavy atom. The van der Waals surface area contributed by atoms with Crippen molar-refractivity contribution >= 4 is 16.8 Å². The lowest BCUT2D eigenvalue weighted by Gasteiger charge is -2.52. The van der Waals surface area contributed by atoms with Crippen LogP contribution in [0.3, 0.4) is 0 Å². The van der Waals surface area contributed by atoms with Gasteiger partial charge in [-0.2, -0.15) is 0 Å². The van der Waals surface area contributed by atoms with Gasteiger partial charge in [0.1, 0.15) is 0 Å². The molecule has 0 radical (unpaired) electrons. The predicted molar refractivity (Wildman–Crippen MR) is 113 cm³/mol. The molecule has 1 amide bonds. The summed E-state index contributed by atoms with van der Waals surface area (Å²) in [5, 5.41) is 1.44. The second-order valence-corrected chi connectivity index (χ2v) is 9.90. The van der Waals surface area contributed by atoms with Crippen LogP contribution in [0, 0.1) is 11.3 Å². The van der Waals surface area contributed by atoms with Gasteiger partial charge in [-0.05, 0) is 69.7 Å². The number of fused-ring (bicyclic) bond motifs is 2. The molecule has 1 aromatic carbocycles. The number of carbonyl (C=O) groups excluding carboxylic acids is 1. The molecule has 5 rings (SSSR count). The van der Waals surface area contributed by atoms with Crippen LogP contribution in [0.5, 0.6) is 0 Å². The lowest BCUT2D eigenvalue weighted by molar-refractivity contribution is -0.137. The van der Waals surface area contributed by atoms with Crippen LogP contribution in [0.1, 0.15) is 69.0 Å². The number of nitrogens with two attached hydrogens (primary N) is 1. The van der Waals surface area contributed by atoms with Crippen molar-refractivity contribution in [3.63, 3.8) is 0 Å². The maximum absolute atomic E-state index is 12.9. The van der Waals surface area contributed by atoms with Crippen molar-refractivity contribution in [2.75, 3.05) is 13.6 Å². The van der Waals surface area contributed by atoms with E-state index in [1.165, 1.54) is 34.9 Å². The monoisotopic (exact) mass is 379 g/mol. The number of piperidine rings is 1. The molecular formula is C24H33N3O. The standard InChI is InChI=1S/C24H33N3O/c1-15(2)27-13-16-11-21-19(18-9-6-10-20(27)22(16)18)12-24(23(25)28,14-26(21)3)17-7-4-5-8-17/h6,9-10,13,15,17,19,21H,4-5,7-8,11-12,14H2,1-3H3,(H2,25,28)/t19-,21-,24?/m1/s1. The van der Waals surface area contributed by atoms with E-state index in [9.17, 15) is 4.79 Å². The van der Waals surface area contributed by atoms with Gasteiger partial charge in [-0.25, -0.2) is 0 Å². The van der Waals surface area contributed by atoms with Crippen LogP contribution in [-0.4, -0.2) is 35.0 Å². The third kappa shape index (κ3) is 2.43. The van der Waals surface area contributed by atoms with Crippen LogP contribution in [0.2, 0.25) is 0 Å². The Labute approximate surface area is 168 Å². The van der Waals surface area contributed by atoms with Crippen LogP contribution < -0.4 is 5.73 Å². The topological polar surface area (TPSA) is 51.3 Å². The molecule has 3 aliphatic rings. The highest BCUT2D eigenvalue weighted by atomic mass is 16.1. The molecule has 150 valence electrons. The number of likely N-dealkylation sites (tertiary alicyclic amines) is 1. The number of nitrogens with zero attached hydrogens (tertiary/aromatic N) is 2. The summed E-state index contributed by atoms with van der Waals surface area (Å²) in [5.74, 6) is 0.780. The number of hydrogen-bond acceptors (Lipinski definition) is 2. The normalized spacial score (nSPS) is 30.9. The minimum absolute atomic E-state index is 0.0672. The Balaban J connectivity index is 1.64. The van der Waals surface area contributed by atoms with Crippen LogP contribution in [0.4, 0.5) is 0 Å². The highest BCUT2D eigenvalue weighted by Gasteiger charge is 2.53. The lowest BCUT2D eigenvalue weighted by Crippen LogP contribution is -2.59. The van der Waals surface area contributed by atoms with Gasteiger partial charge in [0.2, 0.25) is 5.91 Å². The van der Waals surface area contributed by atoms with Gasteiger partial charge in [-0.3, -0.25) is 4.79 Å². The summed E-state index contributed by atoms with van der Waals surface area (Å²) in [5.41, 5.74) is 10.0. The van der Waals surface area contributed by atoms with Crippen LogP contribution >= 0.6 is 0 Å². The van der Waals surface area contributed by atoms with Gasteiger partial charge in [0.15, 0.2) is 0 Å². The fraction of sp³-hybridized carbons (Fsp3) is 0.625. The molecule has 0 bridgehead atoms. The molecule has 1 saturated heterocycles. The van der Waals surface area contributed by atoms with Crippen molar-refractivity contribution in [3.05, 3.63) is 35.5 Å². The summed E-state index contributed by atoms with van der Waals surface area (Å²) in [6.07, 6.45) is 9.18. The first-order chi connectivity index (χ1) is 13.4. The zero-order chi connectivity index (χ0) is 19.6. The first-order valence-corrected chi connectivity index (χ1v) is 11.0. The molecule has 1 aromatic heterocycles.